The van der Waals surface area contributed by atoms with Gasteiger partial charge in [-0.3, -0.25) is 4.79 Å². The summed E-state index contributed by atoms with van der Waals surface area (Å²) in [6, 6.07) is -0.980. The molecule has 0 bridgehead atoms. The minimum atomic E-state index is -1.25. The summed E-state index contributed by atoms with van der Waals surface area (Å²) in [4.78, 5) is 12.6. The highest BCUT2D eigenvalue weighted by molar-refractivity contribution is 5.80. The van der Waals surface area contributed by atoms with E-state index in [9.17, 15) is 25.2 Å². The van der Waals surface area contributed by atoms with Gasteiger partial charge in [0.05, 0.1) is 18.8 Å². The van der Waals surface area contributed by atoms with Crippen LogP contribution in [0.25, 0.3) is 0 Å². The van der Waals surface area contributed by atoms with E-state index in [4.69, 9.17) is 0 Å². The molecule has 0 aromatic heterocycles. The topological polar surface area (TPSA) is 110 Å². The lowest BCUT2D eigenvalue weighted by Gasteiger charge is -2.27. The van der Waals surface area contributed by atoms with Crippen molar-refractivity contribution in [3.8, 4) is 0 Å². The fourth-order valence-corrected chi connectivity index (χ4v) is 9.17. The SMILES string of the molecule is CCCCCCCCCCCCCCCCCCCCCCCCCC(O)C(=O)NC(CO)C(O)C(O)CCCCCCCCCCCCCCCCCCCCCCCC. The van der Waals surface area contributed by atoms with Gasteiger partial charge in [0, 0.05) is 0 Å². The van der Waals surface area contributed by atoms with Crippen LogP contribution in [0.3, 0.4) is 0 Å². The number of amides is 1. The second-order valence-electron chi connectivity index (χ2n) is 19.7. The normalized spacial score (nSPS) is 13.7. The molecular weight excluding hydrogens is 755 g/mol. The van der Waals surface area contributed by atoms with E-state index in [1.165, 1.54) is 250 Å². The van der Waals surface area contributed by atoms with Crippen LogP contribution in [0.15, 0.2) is 0 Å². The van der Waals surface area contributed by atoms with Crippen molar-refractivity contribution >= 4 is 5.91 Å². The van der Waals surface area contributed by atoms with Crippen LogP contribution < -0.4 is 5.32 Å². The largest absolute Gasteiger partial charge is 0.394 e. The standard InChI is InChI=1S/C55H111NO5/c1-3-5-7-9-11-13-15-17-19-21-23-25-27-29-31-33-35-37-39-41-43-45-47-49-53(59)55(61)56-51(50-57)54(60)52(58)48-46-44-42-40-38-36-34-32-30-28-26-24-22-20-18-16-14-12-10-8-6-4-2/h51-54,57-60H,3-50H2,1-2H3,(H,56,61). The summed E-state index contributed by atoms with van der Waals surface area (Å²) < 4.78 is 0. The first kappa shape index (κ1) is 60.3. The van der Waals surface area contributed by atoms with Crippen molar-refractivity contribution in [3.63, 3.8) is 0 Å². The first-order valence-corrected chi connectivity index (χ1v) is 27.9. The molecule has 0 heterocycles. The van der Waals surface area contributed by atoms with Gasteiger partial charge in [-0.05, 0) is 12.8 Å². The van der Waals surface area contributed by atoms with Crippen molar-refractivity contribution in [2.45, 2.75) is 340 Å². The molecule has 61 heavy (non-hydrogen) atoms. The molecule has 0 aliphatic carbocycles. The molecule has 4 unspecified atom stereocenters. The van der Waals surface area contributed by atoms with Crippen LogP contribution in [-0.4, -0.2) is 57.3 Å². The number of hydrogen-bond donors (Lipinski definition) is 5. The summed E-state index contributed by atoms with van der Waals surface area (Å²) in [5.41, 5.74) is 0. The van der Waals surface area contributed by atoms with Crippen molar-refractivity contribution in [2.75, 3.05) is 6.61 Å². The monoisotopic (exact) mass is 866 g/mol. The molecule has 6 heteroatoms. The fraction of sp³-hybridized carbons (Fsp3) is 0.982. The lowest BCUT2D eigenvalue weighted by Crippen LogP contribution is -2.53. The van der Waals surface area contributed by atoms with E-state index in [0.717, 1.165) is 38.5 Å². The van der Waals surface area contributed by atoms with E-state index in [2.05, 4.69) is 19.2 Å². The van der Waals surface area contributed by atoms with Gasteiger partial charge >= 0.3 is 0 Å². The van der Waals surface area contributed by atoms with Crippen LogP contribution in [-0.2, 0) is 4.79 Å². The Morgan fingerprint density at radius 3 is 0.787 bits per heavy atom. The fourth-order valence-electron chi connectivity index (χ4n) is 9.17. The van der Waals surface area contributed by atoms with Gasteiger partial charge in [0.15, 0.2) is 0 Å². The molecule has 1 amide bonds. The number of unbranched alkanes of at least 4 members (excludes halogenated alkanes) is 43. The Balaban J connectivity index is 3.59. The molecule has 0 fully saturated rings. The molecular formula is C55H111NO5. The van der Waals surface area contributed by atoms with Gasteiger partial charge in [0.1, 0.15) is 12.2 Å². The summed E-state index contributed by atoms with van der Waals surface area (Å²) in [7, 11) is 0. The summed E-state index contributed by atoms with van der Waals surface area (Å²) in [6.07, 6.45) is 57.4. The second-order valence-corrected chi connectivity index (χ2v) is 19.7. The molecule has 5 N–H and O–H groups in total. The van der Waals surface area contributed by atoms with E-state index in [-0.39, 0.29) is 0 Å². The van der Waals surface area contributed by atoms with E-state index >= 15 is 0 Å². The van der Waals surface area contributed by atoms with E-state index in [1.54, 1.807) is 0 Å². The smallest absolute Gasteiger partial charge is 0.249 e. The van der Waals surface area contributed by atoms with Gasteiger partial charge in [-0.15, -0.1) is 0 Å². The highest BCUT2D eigenvalue weighted by atomic mass is 16.3. The average Bonchev–Trinajstić information content (AvgIpc) is 3.26. The van der Waals surface area contributed by atoms with Crippen molar-refractivity contribution in [3.05, 3.63) is 0 Å². The summed E-state index contributed by atoms with van der Waals surface area (Å²) in [5.74, 6) is -0.576. The number of nitrogens with one attached hydrogen (secondary N) is 1. The molecule has 0 spiro atoms. The Hall–Kier alpha value is -0.690. The summed E-state index contributed by atoms with van der Waals surface area (Å²) in [5, 5.41) is 44.0. The van der Waals surface area contributed by atoms with Crippen molar-refractivity contribution < 1.29 is 25.2 Å². The van der Waals surface area contributed by atoms with Crippen LogP contribution in [0.1, 0.15) is 316 Å². The minimum absolute atomic E-state index is 0.376. The Morgan fingerprint density at radius 2 is 0.557 bits per heavy atom. The Labute approximate surface area is 381 Å². The second kappa shape index (κ2) is 50.3. The molecule has 0 rings (SSSR count). The van der Waals surface area contributed by atoms with Gasteiger partial charge in [-0.1, -0.05) is 303 Å². The molecule has 0 radical (unpaired) electrons. The molecule has 0 aliphatic heterocycles. The lowest BCUT2D eigenvalue weighted by atomic mass is 9.99. The van der Waals surface area contributed by atoms with Crippen LogP contribution in [0.5, 0.6) is 0 Å². The lowest BCUT2D eigenvalue weighted by molar-refractivity contribution is -0.132. The van der Waals surface area contributed by atoms with E-state index < -0.39 is 36.9 Å². The number of aliphatic hydroxyl groups excluding tert-OH is 4. The zero-order chi connectivity index (χ0) is 44.5. The van der Waals surface area contributed by atoms with Gasteiger partial charge in [-0.2, -0.15) is 0 Å². The molecule has 4 atom stereocenters. The first-order valence-electron chi connectivity index (χ1n) is 27.9. The number of hydrogen-bond acceptors (Lipinski definition) is 5. The third kappa shape index (κ3) is 44.3. The number of carbonyl (C=O) groups excluding carboxylic acids is 1. The molecule has 366 valence electrons. The summed E-state index contributed by atoms with van der Waals surface area (Å²) in [6.45, 7) is 4.10. The average molecular weight is 866 g/mol. The number of rotatable bonds is 52. The predicted octanol–water partition coefficient (Wildman–Crippen LogP) is 15.9. The highest BCUT2D eigenvalue weighted by Crippen LogP contribution is 2.19. The molecule has 0 saturated heterocycles. The summed E-state index contributed by atoms with van der Waals surface area (Å²) >= 11 is 0. The third-order valence-electron chi connectivity index (χ3n) is 13.6. The van der Waals surface area contributed by atoms with Gasteiger partial charge in [0.2, 0.25) is 5.91 Å². The molecule has 0 aromatic rings. The van der Waals surface area contributed by atoms with Crippen LogP contribution in [0.4, 0.5) is 0 Å². The maximum Gasteiger partial charge on any atom is 0.249 e. The van der Waals surface area contributed by atoms with Gasteiger partial charge in [0.25, 0.3) is 0 Å². The van der Waals surface area contributed by atoms with E-state index in [0.29, 0.717) is 12.8 Å². The van der Waals surface area contributed by atoms with Crippen LogP contribution in [0.2, 0.25) is 0 Å². The molecule has 0 saturated carbocycles. The molecule has 0 aromatic carbocycles. The Morgan fingerprint density at radius 1 is 0.344 bits per heavy atom. The predicted molar refractivity (Wildman–Crippen MR) is 265 cm³/mol. The molecule has 0 aliphatic rings. The van der Waals surface area contributed by atoms with Crippen LogP contribution >= 0.6 is 0 Å². The molecule has 6 nitrogen and oxygen atoms in total. The zero-order valence-electron chi connectivity index (χ0n) is 41.4. The Bertz CT molecular complexity index is 841. The zero-order valence-corrected chi connectivity index (χ0v) is 41.4. The Kier molecular flexibility index (Phi) is 49.7. The quantitative estimate of drug-likeness (QED) is 0.0391. The van der Waals surface area contributed by atoms with Crippen molar-refractivity contribution in [1.29, 1.82) is 0 Å². The van der Waals surface area contributed by atoms with Crippen molar-refractivity contribution in [1.82, 2.24) is 5.32 Å². The minimum Gasteiger partial charge on any atom is -0.394 e. The van der Waals surface area contributed by atoms with Crippen molar-refractivity contribution in [2.24, 2.45) is 0 Å². The number of aliphatic hydroxyl groups is 4. The third-order valence-corrected chi connectivity index (χ3v) is 13.6. The van der Waals surface area contributed by atoms with Gasteiger partial charge in [-0.25, -0.2) is 0 Å². The van der Waals surface area contributed by atoms with E-state index in [1.807, 2.05) is 0 Å². The first-order chi connectivity index (χ1) is 30.0. The highest BCUT2D eigenvalue weighted by Gasteiger charge is 2.28. The maximum atomic E-state index is 12.6. The van der Waals surface area contributed by atoms with Crippen LogP contribution in [0, 0.1) is 0 Å². The number of carbonyl (C=O) groups is 1. The van der Waals surface area contributed by atoms with Gasteiger partial charge < -0.3 is 25.7 Å². The maximum absolute atomic E-state index is 12.6.